The molecule has 6 aromatic rings. The molecule has 3 N–H and O–H groups in total. The fourth-order valence-corrected chi connectivity index (χ4v) is 14.7. The monoisotopic (exact) mass is 1450 g/mol. The first kappa shape index (κ1) is 75.4. The number of amides is 6. The zero-order valence-electron chi connectivity index (χ0n) is 56.8. The lowest BCUT2D eigenvalue weighted by atomic mass is 10.00. The summed E-state index contributed by atoms with van der Waals surface area (Å²) >= 11 is 19.4. The molecule has 3 aliphatic heterocycles. The summed E-state index contributed by atoms with van der Waals surface area (Å²) in [6.07, 6.45) is 13.1. The van der Waals surface area contributed by atoms with Crippen molar-refractivity contribution < 1.29 is 23.9 Å². The fraction of sp³-hybridized carbons (Fsp3) is 0.474. The van der Waals surface area contributed by atoms with Crippen molar-refractivity contribution in [1.82, 2.24) is 29.4 Å². The van der Waals surface area contributed by atoms with E-state index in [1.807, 2.05) is 103 Å². The van der Waals surface area contributed by atoms with Gasteiger partial charge < -0.3 is 50.1 Å². The van der Waals surface area contributed by atoms with E-state index in [9.17, 15) is 19.2 Å². The highest BCUT2D eigenvalue weighted by Gasteiger charge is 2.34. The van der Waals surface area contributed by atoms with Gasteiger partial charge in [0, 0.05) is 115 Å². The number of nitrogens with one attached hydrogen (secondary N) is 3. The molecule has 3 unspecified atom stereocenters. The van der Waals surface area contributed by atoms with Crippen LogP contribution in [-0.4, -0.2) is 136 Å². The third-order valence-electron chi connectivity index (χ3n) is 18.7. The molecule has 6 amide bonds. The zero-order valence-corrected chi connectivity index (χ0v) is 61.5. The second kappa shape index (κ2) is 38.7. The van der Waals surface area contributed by atoms with Crippen LogP contribution in [0.4, 0.5) is 31.4 Å². The van der Waals surface area contributed by atoms with E-state index >= 15 is 0 Å². The number of likely N-dealkylation sites (tertiary alicyclic amines) is 3. The number of hydrogen-bond donors (Lipinski definition) is 3. The molecule has 94 heavy (non-hydrogen) atoms. The van der Waals surface area contributed by atoms with Crippen molar-refractivity contribution in [3.8, 4) is 0 Å². The Bertz CT molecular complexity index is 3290. The average molecular weight is 1450 g/mol. The maximum atomic E-state index is 13.5. The SMILES string of the molecule is CCCC(C)N1CCC(N(Cc2ccccc2)C(=O)Nc2c(C)cc(Br)cc2C)CC1.CCCC(C)N1CCC(N(Cc2ccccc2)C(=O)Nc2cc(Br)ccc2Cl)CC1.CCCC(C)N1CCC(N(Cc2ccccc2)C(=O)Nc2ccc(Cl)cc2C(=O)OC)CC1. The molecule has 18 heteroatoms. The van der Waals surface area contributed by atoms with Crippen molar-refractivity contribution in [3.05, 3.63) is 192 Å². The summed E-state index contributed by atoms with van der Waals surface area (Å²) < 4.78 is 6.79. The number of rotatable bonds is 22. The summed E-state index contributed by atoms with van der Waals surface area (Å²) in [7, 11) is 1.31. The van der Waals surface area contributed by atoms with Crippen LogP contribution in [0.2, 0.25) is 10.0 Å². The summed E-state index contributed by atoms with van der Waals surface area (Å²) in [5, 5.41) is 10.1. The summed E-state index contributed by atoms with van der Waals surface area (Å²) in [6.45, 7) is 25.6. The molecule has 14 nitrogen and oxygen atoms in total. The standard InChI is InChI=1S/C26H36BrN3O.C26H34ClN3O3.C24H31BrClN3O/c1-5-9-21(4)29-14-12-24(13-15-29)30(18-22-10-7-6-8-11-22)26(31)28-25-19(2)16-23(27)17-20(25)3;1-4-8-19(2)29-15-13-22(14-16-29)30(18-20-9-6-5-7-10-20)26(32)28-24-12-11-21(27)17-23(24)25(31)33-3;1-3-7-18(2)28-14-12-21(13-15-28)29(17-19-8-5-4-6-9-19)24(30)27-23-16-20(25)10-11-22(23)26/h6-8,10-11,16-17,21,24H,5,9,12-15,18H2,1-4H3,(H,28,31);5-7,9-12,17,19,22H,4,8,13-16,18H2,1-3H3,(H,28,32);4-6,8-11,16,18,21H,3,7,12-15,17H2,1-2H3,(H,27,30). The van der Waals surface area contributed by atoms with Gasteiger partial charge in [-0.3, -0.25) is 0 Å². The van der Waals surface area contributed by atoms with E-state index in [0.29, 0.717) is 59.2 Å². The second-order valence-electron chi connectivity index (χ2n) is 25.6. The molecular formula is C76H101Br2Cl2N9O5. The molecule has 3 saturated heterocycles. The van der Waals surface area contributed by atoms with Gasteiger partial charge in [-0.25, -0.2) is 19.2 Å². The maximum absolute atomic E-state index is 13.5. The molecular weight excluding hydrogens is 1350 g/mol. The Labute approximate surface area is 588 Å². The minimum Gasteiger partial charge on any atom is -0.465 e. The third-order valence-corrected chi connectivity index (χ3v) is 20.2. The van der Waals surface area contributed by atoms with Crippen LogP contribution in [0.3, 0.4) is 0 Å². The van der Waals surface area contributed by atoms with Gasteiger partial charge in [0.1, 0.15) is 0 Å². The Balaban J connectivity index is 0.000000200. The Morgan fingerprint density at radius 2 is 0.851 bits per heavy atom. The van der Waals surface area contributed by atoms with Gasteiger partial charge in [0.25, 0.3) is 0 Å². The molecule has 0 aromatic heterocycles. The van der Waals surface area contributed by atoms with Crippen LogP contribution in [-0.2, 0) is 24.4 Å². The molecule has 3 fully saturated rings. The molecule has 0 spiro atoms. The normalized spacial score (nSPS) is 16.0. The zero-order chi connectivity index (χ0) is 67.7. The smallest absolute Gasteiger partial charge is 0.340 e. The molecule has 3 heterocycles. The quantitative estimate of drug-likeness (QED) is 0.0573. The largest absolute Gasteiger partial charge is 0.465 e. The first-order valence-corrected chi connectivity index (χ1v) is 36.3. The molecule has 6 aromatic carbocycles. The van der Waals surface area contributed by atoms with Crippen LogP contribution in [0.15, 0.2) is 148 Å². The highest BCUT2D eigenvalue weighted by atomic mass is 79.9. The molecule has 9 rings (SSSR count). The minimum absolute atomic E-state index is 0.00238. The lowest BCUT2D eigenvalue weighted by molar-refractivity contribution is 0.0601. The Morgan fingerprint density at radius 1 is 0.489 bits per heavy atom. The van der Waals surface area contributed by atoms with Crippen molar-refractivity contribution in [1.29, 1.82) is 0 Å². The summed E-state index contributed by atoms with van der Waals surface area (Å²) in [5.74, 6) is -0.541. The summed E-state index contributed by atoms with van der Waals surface area (Å²) in [6, 6.07) is 46.9. The van der Waals surface area contributed by atoms with E-state index in [2.05, 4.69) is 145 Å². The molecule has 508 valence electrons. The van der Waals surface area contributed by atoms with Gasteiger partial charge in [-0.1, -0.05) is 186 Å². The van der Waals surface area contributed by atoms with Gasteiger partial charge >= 0.3 is 24.1 Å². The number of halogens is 4. The first-order chi connectivity index (χ1) is 45.3. The van der Waals surface area contributed by atoms with Crippen molar-refractivity contribution in [2.75, 3.05) is 62.3 Å². The van der Waals surface area contributed by atoms with Gasteiger partial charge in [0.15, 0.2) is 0 Å². The van der Waals surface area contributed by atoms with Crippen molar-refractivity contribution in [2.24, 2.45) is 0 Å². The van der Waals surface area contributed by atoms with Crippen LogP contribution in [0, 0.1) is 13.8 Å². The van der Waals surface area contributed by atoms with Crippen LogP contribution < -0.4 is 16.0 Å². The molecule has 0 saturated carbocycles. The molecule has 3 aliphatic rings. The number of piperidine rings is 3. The molecule has 0 bridgehead atoms. The first-order valence-electron chi connectivity index (χ1n) is 34.0. The molecule has 0 aliphatic carbocycles. The van der Waals surface area contributed by atoms with Crippen LogP contribution >= 0.6 is 55.1 Å². The predicted molar refractivity (Wildman–Crippen MR) is 395 cm³/mol. The fourth-order valence-electron chi connectivity index (χ4n) is 13.3. The van der Waals surface area contributed by atoms with Gasteiger partial charge in [-0.15, -0.1) is 0 Å². The number of urea groups is 3. The summed E-state index contributed by atoms with van der Waals surface area (Å²) in [5.41, 5.74) is 7.69. The van der Waals surface area contributed by atoms with Gasteiger partial charge in [0.05, 0.1) is 29.1 Å². The molecule has 0 radical (unpaired) electrons. The number of aryl methyl sites for hydroxylation is 2. The number of carbonyl (C=O) groups excluding carboxylic acids is 4. The van der Waals surface area contributed by atoms with Crippen LogP contribution in [0.5, 0.6) is 0 Å². The Hall–Kier alpha value is -5.98. The number of nitrogens with zero attached hydrogens (tertiary/aromatic N) is 6. The number of carbonyl (C=O) groups is 4. The van der Waals surface area contributed by atoms with Gasteiger partial charge in [-0.2, -0.15) is 0 Å². The van der Waals surface area contributed by atoms with E-state index < -0.39 is 5.97 Å². The predicted octanol–water partition coefficient (Wildman–Crippen LogP) is 19.4. The minimum atomic E-state index is -0.541. The van der Waals surface area contributed by atoms with Crippen molar-refractivity contribution >= 4 is 96.2 Å². The number of benzene rings is 6. The second-order valence-corrected chi connectivity index (χ2v) is 28.2. The Kier molecular flexibility index (Phi) is 31.0. The third kappa shape index (κ3) is 22.8. The lowest BCUT2D eigenvalue weighted by Crippen LogP contribution is -2.50. The van der Waals surface area contributed by atoms with Crippen LogP contribution in [0.25, 0.3) is 0 Å². The number of methoxy groups -OCH3 is 1. The van der Waals surface area contributed by atoms with Gasteiger partial charge in [0.2, 0.25) is 0 Å². The van der Waals surface area contributed by atoms with E-state index in [4.69, 9.17) is 27.9 Å². The number of hydrogen-bond acceptors (Lipinski definition) is 8. The van der Waals surface area contributed by atoms with Gasteiger partial charge in [-0.05, 0) is 169 Å². The van der Waals surface area contributed by atoms with E-state index in [-0.39, 0.29) is 41.8 Å². The van der Waals surface area contributed by atoms with Crippen molar-refractivity contribution in [2.45, 2.75) is 188 Å². The van der Waals surface area contributed by atoms with Crippen molar-refractivity contribution in [3.63, 3.8) is 0 Å². The highest BCUT2D eigenvalue weighted by Crippen LogP contribution is 2.32. The lowest BCUT2D eigenvalue weighted by Gasteiger charge is -2.41. The average Bonchev–Trinajstić information content (AvgIpc) is 0.860. The maximum Gasteiger partial charge on any atom is 0.340 e. The van der Waals surface area contributed by atoms with E-state index in [0.717, 1.165) is 115 Å². The highest BCUT2D eigenvalue weighted by molar-refractivity contribution is 9.10. The molecule has 3 atom stereocenters. The summed E-state index contributed by atoms with van der Waals surface area (Å²) in [4.78, 5) is 66.2. The number of ether oxygens (including phenoxy) is 1. The topological polar surface area (TPSA) is 133 Å². The number of esters is 1. The Morgan fingerprint density at radius 3 is 1.21 bits per heavy atom. The number of anilines is 3. The van der Waals surface area contributed by atoms with Crippen LogP contribution in [0.1, 0.15) is 157 Å². The van der Waals surface area contributed by atoms with E-state index in [1.165, 1.54) is 57.3 Å². The van der Waals surface area contributed by atoms with E-state index in [1.54, 1.807) is 18.2 Å².